The van der Waals surface area contributed by atoms with E-state index in [1.807, 2.05) is 24.3 Å². The predicted octanol–water partition coefficient (Wildman–Crippen LogP) is 3.50. The summed E-state index contributed by atoms with van der Waals surface area (Å²) in [5, 5.41) is 6.69. The molecule has 0 heterocycles. The van der Waals surface area contributed by atoms with Crippen molar-refractivity contribution in [2.45, 2.75) is 38.8 Å². The predicted molar refractivity (Wildman–Crippen MR) is 73.7 cm³/mol. The summed E-state index contributed by atoms with van der Waals surface area (Å²) in [5.74, 6) is 0.330. The Bertz CT molecular complexity index is 412. The number of carbonyl (C=O) groups is 1. The lowest BCUT2D eigenvalue weighted by molar-refractivity contribution is 0.232. The first-order valence-corrected chi connectivity index (χ1v) is 6.76. The van der Waals surface area contributed by atoms with Gasteiger partial charge in [-0.2, -0.15) is 0 Å². The summed E-state index contributed by atoms with van der Waals surface area (Å²) >= 11 is 5.88. The molecular formula is C14H19ClN2O. The van der Waals surface area contributed by atoms with Gasteiger partial charge in [-0.3, -0.25) is 0 Å². The van der Waals surface area contributed by atoms with E-state index in [2.05, 4.69) is 24.5 Å². The second kappa shape index (κ2) is 5.61. The van der Waals surface area contributed by atoms with Crippen LogP contribution in [0.3, 0.4) is 0 Å². The second-order valence-electron chi connectivity index (χ2n) is 5.17. The first kappa shape index (κ1) is 13.2. The third kappa shape index (κ3) is 3.64. The van der Waals surface area contributed by atoms with E-state index in [1.165, 1.54) is 0 Å². The minimum atomic E-state index is -0.0776. The molecule has 1 aromatic carbocycles. The molecule has 18 heavy (non-hydrogen) atoms. The van der Waals surface area contributed by atoms with Gasteiger partial charge in [-0.05, 0) is 36.5 Å². The van der Waals surface area contributed by atoms with Gasteiger partial charge in [0.25, 0.3) is 0 Å². The van der Waals surface area contributed by atoms with Crippen LogP contribution in [0.25, 0.3) is 0 Å². The molecule has 1 fully saturated rings. The van der Waals surface area contributed by atoms with Crippen molar-refractivity contribution in [1.82, 2.24) is 10.6 Å². The maximum absolute atomic E-state index is 11.8. The Balaban J connectivity index is 2.02. The van der Waals surface area contributed by atoms with Crippen molar-refractivity contribution in [3.63, 3.8) is 0 Å². The summed E-state index contributed by atoms with van der Waals surface area (Å²) in [6, 6.07) is 7.95. The van der Waals surface area contributed by atoms with E-state index in [0.717, 1.165) is 18.4 Å². The van der Waals surface area contributed by atoms with E-state index in [9.17, 15) is 4.79 Å². The van der Waals surface area contributed by atoms with Crippen molar-refractivity contribution >= 4 is 17.6 Å². The van der Waals surface area contributed by atoms with Crippen LogP contribution in [0, 0.1) is 5.92 Å². The molecule has 3 nitrogen and oxygen atoms in total. The Morgan fingerprint density at radius 3 is 2.39 bits per heavy atom. The van der Waals surface area contributed by atoms with Gasteiger partial charge < -0.3 is 10.6 Å². The molecule has 4 heteroatoms. The molecule has 1 aromatic rings. The Kier molecular flexibility index (Phi) is 4.12. The first-order valence-electron chi connectivity index (χ1n) is 6.39. The molecule has 2 N–H and O–H groups in total. The highest BCUT2D eigenvalue weighted by atomic mass is 35.5. The molecule has 0 radical (unpaired) electrons. The standard InChI is InChI=1S/C14H19ClN2O/c1-9(2)13(10-3-5-11(15)6-4-10)17-14(18)16-12-7-8-12/h3-6,9,12-13H,7-8H2,1-2H3,(H2,16,17,18). The third-order valence-corrected chi connectivity index (χ3v) is 3.35. The zero-order valence-corrected chi connectivity index (χ0v) is 11.5. The molecule has 0 bridgehead atoms. The van der Waals surface area contributed by atoms with Crippen LogP contribution in [0.5, 0.6) is 0 Å². The van der Waals surface area contributed by atoms with E-state index in [-0.39, 0.29) is 12.1 Å². The summed E-state index contributed by atoms with van der Waals surface area (Å²) in [6.07, 6.45) is 2.20. The number of carbonyl (C=O) groups excluding carboxylic acids is 1. The second-order valence-corrected chi connectivity index (χ2v) is 5.60. The lowest BCUT2D eigenvalue weighted by Crippen LogP contribution is -2.40. The number of amides is 2. The SMILES string of the molecule is CC(C)C(NC(=O)NC1CC1)c1ccc(Cl)cc1. The van der Waals surface area contributed by atoms with Gasteiger partial charge in [-0.15, -0.1) is 0 Å². The van der Waals surface area contributed by atoms with Crippen molar-refractivity contribution in [1.29, 1.82) is 0 Å². The van der Waals surface area contributed by atoms with Crippen LogP contribution in [0.1, 0.15) is 38.3 Å². The lowest BCUT2D eigenvalue weighted by Gasteiger charge is -2.23. The number of nitrogens with one attached hydrogen (secondary N) is 2. The van der Waals surface area contributed by atoms with Crippen LogP contribution >= 0.6 is 11.6 Å². The number of urea groups is 1. The topological polar surface area (TPSA) is 41.1 Å². The summed E-state index contributed by atoms with van der Waals surface area (Å²) in [6.45, 7) is 4.19. The number of halogens is 1. The first-order chi connectivity index (χ1) is 8.56. The largest absolute Gasteiger partial charge is 0.335 e. The van der Waals surface area contributed by atoms with Gasteiger partial charge in [-0.25, -0.2) is 4.79 Å². The van der Waals surface area contributed by atoms with Crippen molar-refractivity contribution in [3.05, 3.63) is 34.9 Å². The molecule has 1 saturated carbocycles. The van der Waals surface area contributed by atoms with Gasteiger partial charge in [0, 0.05) is 11.1 Å². The normalized spacial score (nSPS) is 16.4. The third-order valence-electron chi connectivity index (χ3n) is 3.09. The molecule has 1 atom stereocenters. The molecule has 2 amide bonds. The van der Waals surface area contributed by atoms with E-state index in [0.29, 0.717) is 17.0 Å². The molecule has 1 aliphatic carbocycles. The zero-order valence-electron chi connectivity index (χ0n) is 10.7. The molecule has 2 rings (SSSR count). The Labute approximate surface area is 113 Å². The molecule has 0 aliphatic heterocycles. The van der Waals surface area contributed by atoms with Gasteiger partial charge >= 0.3 is 6.03 Å². The van der Waals surface area contributed by atoms with Gasteiger partial charge in [0.2, 0.25) is 0 Å². The Morgan fingerprint density at radius 2 is 1.89 bits per heavy atom. The quantitative estimate of drug-likeness (QED) is 0.860. The van der Waals surface area contributed by atoms with Crippen molar-refractivity contribution in [2.24, 2.45) is 5.92 Å². The average molecular weight is 267 g/mol. The Hall–Kier alpha value is -1.22. The number of hydrogen-bond donors (Lipinski definition) is 2. The maximum Gasteiger partial charge on any atom is 0.315 e. The number of benzene rings is 1. The van der Waals surface area contributed by atoms with Crippen LogP contribution in [0.2, 0.25) is 5.02 Å². The van der Waals surface area contributed by atoms with Crippen molar-refractivity contribution in [3.8, 4) is 0 Å². The van der Waals surface area contributed by atoms with E-state index in [4.69, 9.17) is 11.6 Å². The smallest absolute Gasteiger partial charge is 0.315 e. The van der Waals surface area contributed by atoms with Gasteiger partial charge in [0.1, 0.15) is 0 Å². The van der Waals surface area contributed by atoms with Crippen LogP contribution in [-0.4, -0.2) is 12.1 Å². The van der Waals surface area contributed by atoms with Crippen molar-refractivity contribution < 1.29 is 4.79 Å². The summed E-state index contributed by atoms with van der Waals surface area (Å²) in [4.78, 5) is 11.8. The van der Waals surface area contributed by atoms with Gasteiger partial charge in [0.05, 0.1) is 6.04 Å². The fourth-order valence-corrected chi connectivity index (χ4v) is 2.03. The average Bonchev–Trinajstić information content (AvgIpc) is 3.11. The molecular weight excluding hydrogens is 248 g/mol. The monoisotopic (exact) mass is 266 g/mol. The fourth-order valence-electron chi connectivity index (χ4n) is 1.90. The molecule has 0 aromatic heterocycles. The van der Waals surface area contributed by atoms with Crippen LogP contribution in [0.15, 0.2) is 24.3 Å². The van der Waals surface area contributed by atoms with E-state index < -0.39 is 0 Å². The van der Waals surface area contributed by atoms with Gasteiger partial charge in [0.15, 0.2) is 0 Å². The van der Waals surface area contributed by atoms with Crippen LogP contribution < -0.4 is 10.6 Å². The lowest BCUT2D eigenvalue weighted by atomic mass is 9.96. The van der Waals surface area contributed by atoms with Crippen molar-refractivity contribution in [2.75, 3.05) is 0 Å². The fraction of sp³-hybridized carbons (Fsp3) is 0.500. The van der Waals surface area contributed by atoms with E-state index >= 15 is 0 Å². The molecule has 0 saturated heterocycles. The van der Waals surface area contributed by atoms with Gasteiger partial charge in [-0.1, -0.05) is 37.6 Å². The number of hydrogen-bond acceptors (Lipinski definition) is 1. The zero-order chi connectivity index (χ0) is 13.1. The number of rotatable bonds is 4. The minimum absolute atomic E-state index is 0.0148. The molecule has 0 spiro atoms. The van der Waals surface area contributed by atoms with E-state index in [1.54, 1.807) is 0 Å². The molecule has 98 valence electrons. The van der Waals surface area contributed by atoms with Crippen LogP contribution in [-0.2, 0) is 0 Å². The molecule has 1 aliphatic rings. The van der Waals surface area contributed by atoms with Crippen LogP contribution in [0.4, 0.5) is 4.79 Å². The minimum Gasteiger partial charge on any atom is -0.335 e. The summed E-state index contributed by atoms with van der Waals surface area (Å²) in [5.41, 5.74) is 1.08. The Morgan fingerprint density at radius 1 is 1.28 bits per heavy atom. The summed E-state index contributed by atoms with van der Waals surface area (Å²) in [7, 11) is 0. The highest BCUT2D eigenvalue weighted by molar-refractivity contribution is 6.30. The summed E-state index contributed by atoms with van der Waals surface area (Å²) < 4.78 is 0. The highest BCUT2D eigenvalue weighted by Gasteiger charge is 2.25. The molecule has 1 unspecified atom stereocenters. The maximum atomic E-state index is 11.8. The highest BCUT2D eigenvalue weighted by Crippen LogP contribution is 2.24.